The van der Waals surface area contributed by atoms with Crippen LogP contribution in [0, 0.1) is 0 Å². The van der Waals surface area contributed by atoms with E-state index in [-0.39, 0.29) is 0 Å². The van der Waals surface area contributed by atoms with Gasteiger partial charge in [0.05, 0.1) is 17.8 Å². The van der Waals surface area contributed by atoms with Crippen LogP contribution in [0.15, 0.2) is 47.6 Å². The number of ether oxygens (including phenoxy) is 1. The number of halogens is 2. The summed E-state index contributed by atoms with van der Waals surface area (Å²) in [6.45, 7) is 2.89. The number of carbonyl (C=O) groups excluding carboxylic acids is 1. The summed E-state index contributed by atoms with van der Waals surface area (Å²) in [5.74, 6) is 0.660. The number of nitrogens with zero attached hydrogens (tertiary/aromatic N) is 1. The molecule has 5 nitrogen and oxygen atoms in total. The lowest BCUT2D eigenvalue weighted by Crippen LogP contribution is -2.24. The van der Waals surface area contributed by atoms with Crippen LogP contribution in [0.3, 0.4) is 0 Å². The first kappa shape index (κ1) is 24.0. The average Bonchev–Trinajstić information content (AvgIpc) is 2.73. The van der Waals surface area contributed by atoms with Crippen molar-refractivity contribution in [3.63, 3.8) is 0 Å². The van der Waals surface area contributed by atoms with Crippen molar-refractivity contribution in [1.82, 2.24) is 5.43 Å². The highest BCUT2D eigenvalue weighted by atomic mass is 35.5. The monoisotopic (exact) mass is 449 g/mol. The number of hydrogen-bond acceptors (Lipinski definition) is 3. The molecule has 0 aromatic heterocycles. The van der Waals surface area contributed by atoms with Gasteiger partial charge in [-0.3, -0.25) is 0 Å². The maximum atomic E-state index is 11.8. The van der Waals surface area contributed by atoms with Gasteiger partial charge < -0.3 is 10.1 Å². The van der Waals surface area contributed by atoms with E-state index in [2.05, 4.69) is 22.8 Å². The fraction of sp³-hybridized carbons (Fsp3) is 0.391. The van der Waals surface area contributed by atoms with Crippen molar-refractivity contribution in [2.24, 2.45) is 5.10 Å². The Bertz CT molecular complexity index is 811. The SMILES string of the molecule is CCCCCCCCCOc1ccc(/C=N\NC(=O)Nc2ccc(Cl)cc2)cc1Cl. The Labute approximate surface area is 188 Å². The lowest BCUT2D eigenvalue weighted by atomic mass is 10.1. The maximum absolute atomic E-state index is 11.8. The summed E-state index contributed by atoms with van der Waals surface area (Å²) in [7, 11) is 0. The van der Waals surface area contributed by atoms with Gasteiger partial charge in [-0.2, -0.15) is 5.10 Å². The van der Waals surface area contributed by atoms with Crippen LogP contribution in [0.25, 0.3) is 0 Å². The molecule has 0 aliphatic carbocycles. The minimum Gasteiger partial charge on any atom is -0.492 e. The van der Waals surface area contributed by atoms with Gasteiger partial charge in [0.15, 0.2) is 0 Å². The van der Waals surface area contributed by atoms with Crippen molar-refractivity contribution in [2.75, 3.05) is 11.9 Å². The molecule has 30 heavy (non-hydrogen) atoms. The number of anilines is 1. The van der Waals surface area contributed by atoms with Crippen LogP contribution in [-0.2, 0) is 0 Å². The number of benzene rings is 2. The third-order valence-corrected chi connectivity index (χ3v) is 4.99. The third kappa shape index (κ3) is 9.51. The minimum absolute atomic E-state index is 0.450. The molecule has 0 heterocycles. The lowest BCUT2D eigenvalue weighted by Gasteiger charge is -2.08. The summed E-state index contributed by atoms with van der Waals surface area (Å²) in [6, 6.07) is 11.8. The molecule has 0 unspecified atom stereocenters. The summed E-state index contributed by atoms with van der Waals surface area (Å²) in [5.41, 5.74) is 3.79. The molecule has 0 fully saturated rings. The van der Waals surface area contributed by atoms with Crippen LogP contribution >= 0.6 is 23.2 Å². The Morgan fingerprint density at radius 1 is 1.00 bits per heavy atom. The quantitative estimate of drug-likeness (QED) is 0.203. The average molecular weight is 450 g/mol. The first-order valence-corrected chi connectivity index (χ1v) is 11.1. The fourth-order valence-corrected chi connectivity index (χ4v) is 3.18. The summed E-state index contributed by atoms with van der Waals surface area (Å²) >= 11 is 12.1. The Kier molecular flexibility index (Phi) is 11.1. The van der Waals surface area contributed by atoms with Crippen molar-refractivity contribution in [3.05, 3.63) is 58.1 Å². The maximum Gasteiger partial charge on any atom is 0.339 e. The number of carbonyl (C=O) groups is 1. The zero-order valence-electron chi connectivity index (χ0n) is 17.3. The van der Waals surface area contributed by atoms with E-state index in [4.69, 9.17) is 27.9 Å². The number of unbranched alkanes of at least 4 members (excludes halogenated alkanes) is 6. The minimum atomic E-state index is -0.450. The normalized spacial score (nSPS) is 10.9. The second kappa shape index (κ2) is 13.9. The number of amides is 2. The van der Waals surface area contributed by atoms with Crippen molar-refractivity contribution in [2.45, 2.75) is 51.9 Å². The molecule has 0 atom stereocenters. The van der Waals surface area contributed by atoms with E-state index < -0.39 is 6.03 Å². The number of hydrogen-bond donors (Lipinski definition) is 2. The van der Waals surface area contributed by atoms with Gasteiger partial charge in [0.25, 0.3) is 0 Å². The highest BCUT2D eigenvalue weighted by molar-refractivity contribution is 6.32. The van der Waals surface area contributed by atoms with Gasteiger partial charge in [0.1, 0.15) is 5.75 Å². The van der Waals surface area contributed by atoms with Gasteiger partial charge in [0.2, 0.25) is 0 Å². The number of nitrogens with one attached hydrogen (secondary N) is 2. The molecular formula is C23H29Cl2N3O2. The molecule has 162 valence electrons. The lowest BCUT2D eigenvalue weighted by molar-refractivity contribution is 0.252. The van der Waals surface area contributed by atoms with E-state index in [9.17, 15) is 4.79 Å². The van der Waals surface area contributed by atoms with Crippen molar-refractivity contribution >= 4 is 41.1 Å². The molecular weight excluding hydrogens is 421 g/mol. The predicted octanol–water partition coefficient (Wildman–Crippen LogP) is 7.28. The Morgan fingerprint density at radius 2 is 1.70 bits per heavy atom. The molecule has 7 heteroatoms. The Hall–Kier alpha value is -2.24. The standard InChI is InChI=1S/C23H29Cl2N3O2/c1-2-3-4-5-6-7-8-15-30-22-14-9-18(16-21(22)25)17-26-28-23(29)27-20-12-10-19(24)11-13-20/h9-14,16-17H,2-8,15H2,1H3,(H2,27,28,29)/b26-17-. The summed E-state index contributed by atoms with van der Waals surface area (Å²) in [4.78, 5) is 11.8. The molecule has 2 amide bonds. The number of rotatable bonds is 12. The van der Waals surface area contributed by atoms with Gasteiger partial charge in [0, 0.05) is 10.7 Å². The number of urea groups is 1. The van der Waals surface area contributed by atoms with Gasteiger partial charge in [-0.15, -0.1) is 0 Å². The van der Waals surface area contributed by atoms with Crippen molar-refractivity contribution in [3.8, 4) is 5.75 Å². The molecule has 2 rings (SSSR count). The van der Waals surface area contributed by atoms with E-state index in [1.54, 1.807) is 30.3 Å². The van der Waals surface area contributed by atoms with Gasteiger partial charge in [-0.05, 0) is 54.4 Å². The largest absolute Gasteiger partial charge is 0.492 e. The van der Waals surface area contributed by atoms with E-state index >= 15 is 0 Å². The Morgan fingerprint density at radius 3 is 2.40 bits per heavy atom. The first-order chi connectivity index (χ1) is 14.6. The molecule has 0 bridgehead atoms. The van der Waals surface area contributed by atoms with Crippen LogP contribution in [0.2, 0.25) is 10.0 Å². The molecule has 0 aliphatic rings. The van der Waals surface area contributed by atoms with E-state index in [0.717, 1.165) is 12.0 Å². The first-order valence-electron chi connectivity index (χ1n) is 10.4. The molecule has 0 aliphatic heterocycles. The van der Waals surface area contributed by atoms with Crippen molar-refractivity contribution in [1.29, 1.82) is 0 Å². The molecule has 2 N–H and O–H groups in total. The van der Waals surface area contributed by atoms with Crippen LogP contribution in [-0.4, -0.2) is 18.9 Å². The van der Waals surface area contributed by atoms with Crippen LogP contribution < -0.4 is 15.5 Å². The summed E-state index contributed by atoms with van der Waals surface area (Å²) in [6.07, 6.45) is 10.2. The van der Waals surface area contributed by atoms with E-state index in [0.29, 0.717) is 28.1 Å². The summed E-state index contributed by atoms with van der Waals surface area (Å²) in [5, 5.41) is 7.71. The molecule has 0 saturated heterocycles. The fourth-order valence-electron chi connectivity index (χ4n) is 2.81. The zero-order valence-corrected chi connectivity index (χ0v) is 18.8. The van der Waals surface area contributed by atoms with E-state index in [1.165, 1.54) is 44.7 Å². The van der Waals surface area contributed by atoms with E-state index in [1.807, 2.05) is 12.1 Å². The Balaban J connectivity index is 1.69. The van der Waals surface area contributed by atoms with Gasteiger partial charge in [-0.1, -0.05) is 68.7 Å². The smallest absolute Gasteiger partial charge is 0.339 e. The van der Waals surface area contributed by atoms with Crippen LogP contribution in [0.4, 0.5) is 10.5 Å². The molecule has 0 spiro atoms. The molecule has 2 aromatic rings. The highest BCUT2D eigenvalue weighted by Crippen LogP contribution is 2.25. The second-order valence-corrected chi connectivity index (χ2v) is 7.83. The highest BCUT2D eigenvalue weighted by Gasteiger charge is 2.03. The number of hydrazone groups is 1. The van der Waals surface area contributed by atoms with Crippen molar-refractivity contribution < 1.29 is 9.53 Å². The summed E-state index contributed by atoms with van der Waals surface area (Å²) < 4.78 is 5.77. The topological polar surface area (TPSA) is 62.7 Å². The third-order valence-electron chi connectivity index (χ3n) is 4.44. The zero-order chi connectivity index (χ0) is 21.6. The van der Waals surface area contributed by atoms with Gasteiger partial charge in [-0.25, -0.2) is 10.2 Å². The molecule has 2 aromatic carbocycles. The van der Waals surface area contributed by atoms with Crippen LogP contribution in [0.1, 0.15) is 57.4 Å². The van der Waals surface area contributed by atoms with Gasteiger partial charge >= 0.3 is 6.03 Å². The molecule has 0 radical (unpaired) electrons. The predicted molar refractivity (Wildman–Crippen MR) is 126 cm³/mol. The second-order valence-electron chi connectivity index (χ2n) is 6.99. The van der Waals surface area contributed by atoms with Crippen LogP contribution in [0.5, 0.6) is 5.75 Å². The molecule has 0 saturated carbocycles.